The number of halogens is 2. The van der Waals surface area contributed by atoms with E-state index in [0.29, 0.717) is 17.2 Å². The van der Waals surface area contributed by atoms with Gasteiger partial charge in [-0.15, -0.1) is 11.8 Å². The number of nitrogens with zero attached hydrogens (tertiary/aromatic N) is 2. The minimum absolute atomic E-state index is 0.116. The number of azo groups is 1. The van der Waals surface area contributed by atoms with E-state index in [1.54, 1.807) is 54.2 Å². The number of nitrogens with one attached hydrogen (secondary N) is 1. The first-order valence-electron chi connectivity index (χ1n) is 10.1. The monoisotopic (exact) mass is 717 g/mol. The van der Waals surface area contributed by atoms with Crippen LogP contribution in [0.1, 0.15) is 31.1 Å². The van der Waals surface area contributed by atoms with E-state index in [-0.39, 0.29) is 12.5 Å². The smallest absolute Gasteiger partial charge is 0.344 e. The molecule has 1 amide bonds. The molecule has 0 saturated carbocycles. The zero-order valence-electron chi connectivity index (χ0n) is 18.4. The highest BCUT2D eigenvalue weighted by atomic mass is 127. The van der Waals surface area contributed by atoms with Gasteiger partial charge in [-0.2, -0.15) is 10.2 Å². The first kappa shape index (κ1) is 28.7. The van der Waals surface area contributed by atoms with Crippen molar-refractivity contribution in [2.75, 3.05) is 12.4 Å². The summed E-state index contributed by atoms with van der Waals surface area (Å²) in [6, 6.07) is 14.0. The van der Waals surface area contributed by atoms with Gasteiger partial charge in [0.1, 0.15) is 23.0 Å². The largest absolute Gasteiger partial charge is 0.386 e. The van der Waals surface area contributed by atoms with Crippen LogP contribution in [-0.2, 0) is 12.2 Å². The van der Waals surface area contributed by atoms with Crippen molar-refractivity contribution < 1.29 is 21.8 Å². The Hall–Kier alpha value is -0.570. The first-order chi connectivity index (χ1) is 15.6. The maximum atomic E-state index is 12.6. The van der Waals surface area contributed by atoms with Crippen molar-refractivity contribution in [3.63, 3.8) is 0 Å². The molecule has 8 nitrogen and oxygen atoms in total. The van der Waals surface area contributed by atoms with E-state index >= 15 is 0 Å². The molecule has 0 aliphatic heterocycles. The Bertz CT molecular complexity index is 971. The molecule has 2 N–H and O–H groups in total. The lowest BCUT2D eigenvalue weighted by atomic mass is 10.1. The van der Waals surface area contributed by atoms with Gasteiger partial charge in [0.2, 0.25) is 0 Å². The summed E-state index contributed by atoms with van der Waals surface area (Å²) in [5, 5.41) is 7.52. The third kappa shape index (κ3) is 11.1. The van der Waals surface area contributed by atoms with Crippen LogP contribution in [0.4, 0.5) is 11.4 Å². The quantitative estimate of drug-likeness (QED) is 0.104. The fourth-order valence-corrected chi connectivity index (χ4v) is 5.43. The summed E-state index contributed by atoms with van der Waals surface area (Å²) in [7, 11) is 0. The Labute approximate surface area is 225 Å². The van der Waals surface area contributed by atoms with E-state index in [0.717, 1.165) is 11.4 Å². The Morgan fingerprint density at radius 2 is 1.64 bits per heavy atom. The van der Waals surface area contributed by atoms with Gasteiger partial charge < -0.3 is 13.3 Å². The third-order valence-corrected chi connectivity index (χ3v) is 7.33. The topological polar surface area (TPSA) is 110 Å². The van der Waals surface area contributed by atoms with Gasteiger partial charge in [-0.05, 0) is 61.4 Å². The summed E-state index contributed by atoms with van der Waals surface area (Å²) in [4.78, 5) is 23.2. The van der Waals surface area contributed by atoms with Crippen LogP contribution in [0, 0.1) is 5.92 Å². The summed E-state index contributed by atoms with van der Waals surface area (Å²) < 4.78 is 21.7. The molecular weight excluding hydrogens is 691 g/mol. The molecule has 33 heavy (non-hydrogen) atoms. The molecule has 0 fully saturated rings. The molecule has 3 atom stereocenters. The highest BCUT2D eigenvalue weighted by Crippen LogP contribution is 2.52. The minimum Gasteiger partial charge on any atom is -0.344 e. The molecule has 0 aromatic heterocycles. The molecule has 2 aromatic rings. The van der Waals surface area contributed by atoms with Crippen LogP contribution >= 0.6 is 62.0 Å². The van der Waals surface area contributed by atoms with Gasteiger partial charge >= 0.3 is 5.24 Å². The Morgan fingerprint density at radius 3 is 2.12 bits per heavy atom. The minimum atomic E-state index is -3.73. The maximum Gasteiger partial charge on any atom is 0.386 e. The van der Waals surface area contributed by atoms with Crippen LogP contribution in [0.2, 0.25) is 0 Å². The molecule has 0 heterocycles. The maximum absolute atomic E-state index is 12.6. The molecule has 0 radical (unpaired) electrons. The van der Waals surface area contributed by atoms with Gasteiger partial charge in [0.25, 0.3) is 5.91 Å². The lowest BCUT2D eigenvalue weighted by molar-refractivity contribution is 0.0843. The van der Waals surface area contributed by atoms with Crippen molar-refractivity contribution in [1.82, 2.24) is 5.32 Å². The Balaban J connectivity index is 1.97. The molecule has 0 spiro atoms. The summed E-state index contributed by atoms with van der Waals surface area (Å²) in [5.74, 6) is 1.35. The zero-order valence-corrected chi connectivity index (χ0v) is 24.4. The average molecular weight is 717 g/mol. The van der Waals surface area contributed by atoms with Crippen LogP contribution < -0.4 is 5.32 Å². The fraction of sp³-hybridized carbons (Fsp3) is 0.381. The van der Waals surface area contributed by atoms with Gasteiger partial charge in [-0.1, -0.05) is 13.8 Å². The van der Waals surface area contributed by atoms with Crippen molar-refractivity contribution in [2.24, 2.45) is 16.1 Å². The Morgan fingerprint density at radius 1 is 1.09 bits per heavy atom. The molecule has 0 aliphatic carbocycles. The summed E-state index contributed by atoms with van der Waals surface area (Å²) >= 11 is 4.85. The molecule has 2 aromatic carbocycles. The molecule has 0 aliphatic rings. The summed E-state index contributed by atoms with van der Waals surface area (Å²) in [5.41, 5.74) is 1.77. The number of benzene rings is 2. The lowest BCUT2D eigenvalue weighted by Gasteiger charge is -2.24. The van der Waals surface area contributed by atoms with Crippen LogP contribution in [-0.4, -0.2) is 35.3 Å². The fourth-order valence-electron chi connectivity index (χ4n) is 2.56. The number of rotatable bonds is 12. The number of carbonyl (C=O) groups excluding carboxylic acids is 1. The SMILES string of the molecule is CC(C)CSc1ccc(N=Nc2ccc(C(=O)N[C@H](COI)[C@@H](C)OP(=O)(O)I)cc2)cc1. The second kappa shape index (κ2) is 14.1. The number of amides is 1. The average Bonchev–Trinajstić information content (AvgIpc) is 2.75. The molecule has 180 valence electrons. The number of hydrogen-bond acceptors (Lipinski definition) is 7. The highest BCUT2D eigenvalue weighted by molar-refractivity contribution is 14.2. The normalized spacial score (nSPS) is 15.4. The van der Waals surface area contributed by atoms with E-state index in [9.17, 15) is 14.3 Å². The predicted molar refractivity (Wildman–Crippen MR) is 148 cm³/mol. The number of thioether (sulfide) groups is 1. The zero-order chi connectivity index (χ0) is 24.4. The van der Waals surface area contributed by atoms with Crippen LogP contribution in [0.15, 0.2) is 63.7 Å². The van der Waals surface area contributed by atoms with Gasteiger partial charge in [0, 0.05) is 16.2 Å². The molecule has 0 saturated heterocycles. The third-order valence-electron chi connectivity index (χ3n) is 4.25. The van der Waals surface area contributed by atoms with Gasteiger partial charge in [0.15, 0.2) is 0 Å². The first-order valence-corrected chi connectivity index (χ1v) is 16.3. The van der Waals surface area contributed by atoms with E-state index < -0.39 is 17.4 Å². The van der Waals surface area contributed by atoms with Crippen molar-refractivity contribution in [3.05, 3.63) is 54.1 Å². The van der Waals surface area contributed by atoms with Crippen LogP contribution in [0.3, 0.4) is 0 Å². The predicted octanol–water partition coefficient (Wildman–Crippen LogP) is 7.26. The van der Waals surface area contributed by atoms with Crippen molar-refractivity contribution in [1.29, 1.82) is 0 Å². The van der Waals surface area contributed by atoms with Crippen LogP contribution in [0.25, 0.3) is 0 Å². The Kier molecular flexibility index (Phi) is 12.2. The van der Waals surface area contributed by atoms with E-state index in [1.165, 1.54) is 26.9 Å². The van der Waals surface area contributed by atoms with Gasteiger partial charge in [-0.3, -0.25) is 9.32 Å². The molecular formula is C21H26I2N3O5PS. The second-order valence-electron chi connectivity index (χ2n) is 7.56. The van der Waals surface area contributed by atoms with Crippen molar-refractivity contribution in [2.45, 2.75) is 37.8 Å². The molecule has 12 heteroatoms. The van der Waals surface area contributed by atoms with Crippen molar-refractivity contribution in [3.8, 4) is 0 Å². The van der Waals surface area contributed by atoms with E-state index in [2.05, 4.69) is 29.4 Å². The molecule has 2 rings (SSSR count). The number of hydrogen-bond donors (Lipinski definition) is 2. The van der Waals surface area contributed by atoms with Crippen molar-refractivity contribution >= 4 is 79.3 Å². The lowest BCUT2D eigenvalue weighted by Crippen LogP contribution is -2.45. The highest BCUT2D eigenvalue weighted by Gasteiger charge is 2.27. The second-order valence-corrected chi connectivity index (χ2v) is 14.1. The standard InChI is InChI=1S/C21H26I2N3O5PS/c1-14(2)13-33-19-10-8-18(9-11-19)26-25-17-6-4-16(5-7-17)21(27)24-20(12-30-22)15(3)31-32(23,28)29/h4-11,14-15,20H,12-13H2,1-3H3,(H,24,27)(H,28,29)/t15-,20-/m1/s1. The van der Waals surface area contributed by atoms with Gasteiger partial charge in [-0.25, -0.2) is 4.57 Å². The van der Waals surface area contributed by atoms with E-state index in [1.807, 2.05) is 36.0 Å². The van der Waals surface area contributed by atoms with Gasteiger partial charge in [0.05, 0.1) is 52.2 Å². The van der Waals surface area contributed by atoms with Crippen LogP contribution in [0.5, 0.6) is 0 Å². The summed E-state index contributed by atoms with van der Waals surface area (Å²) in [6.07, 6.45) is -0.723. The molecule has 0 bridgehead atoms. The van der Waals surface area contributed by atoms with E-state index in [4.69, 9.17) is 7.59 Å². The summed E-state index contributed by atoms with van der Waals surface area (Å²) in [6.45, 7) is 6.10. The molecule has 1 unspecified atom stereocenters. The number of carbonyl (C=O) groups is 1.